The van der Waals surface area contributed by atoms with E-state index in [1.807, 2.05) is 22.1 Å². The fourth-order valence-corrected chi connectivity index (χ4v) is 3.72. The molecule has 0 aliphatic carbocycles. The van der Waals surface area contributed by atoms with Crippen LogP contribution in [0.5, 0.6) is 0 Å². The molecule has 0 unspecified atom stereocenters. The highest BCUT2D eigenvalue weighted by Gasteiger charge is 2.18. The number of nitrogens with zero attached hydrogens (tertiary/aromatic N) is 3. The van der Waals surface area contributed by atoms with Gasteiger partial charge in [-0.3, -0.25) is 14.5 Å². The average Bonchev–Trinajstić information content (AvgIpc) is 3.39. The van der Waals surface area contributed by atoms with Gasteiger partial charge < -0.3 is 14.1 Å². The van der Waals surface area contributed by atoms with Gasteiger partial charge in [-0.05, 0) is 36.7 Å². The Hall–Kier alpha value is -2.72. The number of aromatic nitrogens is 3. The van der Waals surface area contributed by atoms with Gasteiger partial charge in [0.15, 0.2) is 10.6 Å². The van der Waals surface area contributed by atoms with Gasteiger partial charge in [0.1, 0.15) is 17.1 Å². The predicted octanol–water partition coefficient (Wildman–Crippen LogP) is 3.41. The van der Waals surface area contributed by atoms with Crippen molar-refractivity contribution >= 4 is 35.4 Å². The standard InChI is InChI=1S/C18H20N4O4S2/c1-11-13(17(24)25-3)9-12(26-11)10-21(2)15(23)6-7-22-16(19-20-18(22)27)14-5-4-8-28-14/h4-5,8-9H,6-7,10H2,1-3H3,(H,20,27). The zero-order valence-corrected chi connectivity index (χ0v) is 17.4. The number of aromatic amines is 1. The number of aryl methyl sites for hydroxylation is 1. The van der Waals surface area contributed by atoms with Crippen LogP contribution in [-0.2, 0) is 22.6 Å². The van der Waals surface area contributed by atoms with Crippen molar-refractivity contribution in [1.82, 2.24) is 19.7 Å². The molecule has 0 fully saturated rings. The van der Waals surface area contributed by atoms with Gasteiger partial charge in [0, 0.05) is 20.0 Å². The van der Waals surface area contributed by atoms with E-state index >= 15 is 0 Å². The van der Waals surface area contributed by atoms with Crippen LogP contribution < -0.4 is 0 Å². The molecule has 3 rings (SSSR count). The summed E-state index contributed by atoms with van der Waals surface area (Å²) >= 11 is 6.85. The molecule has 0 aliphatic rings. The third kappa shape index (κ3) is 4.23. The van der Waals surface area contributed by atoms with E-state index in [9.17, 15) is 9.59 Å². The topological polar surface area (TPSA) is 93.4 Å². The Morgan fingerprint density at radius 1 is 1.46 bits per heavy atom. The summed E-state index contributed by atoms with van der Waals surface area (Å²) in [4.78, 5) is 26.8. The summed E-state index contributed by atoms with van der Waals surface area (Å²) in [5, 5.41) is 9.00. The summed E-state index contributed by atoms with van der Waals surface area (Å²) in [5.74, 6) is 1.17. The van der Waals surface area contributed by atoms with Crippen molar-refractivity contribution in [1.29, 1.82) is 0 Å². The number of furan rings is 1. The maximum atomic E-state index is 12.6. The van der Waals surface area contributed by atoms with Gasteiger partial charge in [-0.25, -0.2) is 4.79 Å². The lowest BCUT2D eigenvalue weighted by molar-refractivity contribution is -0.130. The summed E-state index contributed by atoms with van der Waals surface area (Å²) < 4.78 is 12.6. The fourth-order valence-electron chi connectivity index (χ4n) is 2.77. The molecule has 0 aliphatic heterocycles. The number of methoxy groups -OCH3 is 1. The predicted molar refractivity (Wildman–Crippen MR) is 107 cm³/mol. The van der Waals surface area contributed by atoms with E-state index in [4.69, 9.17) is 21.4 Å². The summed E-state index contributed by atoms with van der Waals surface area (Å²) in [6.07, 6.45) is 0.256. The van der Waals surface area contributed by atoms with Gasteiger partial charge in [-0.15, -0.1) is 11.3 Å². The first-order chi connectivity index (χ1) is 13.4. The van der Waals surface area contributed by atoms with E-state index in [-0.39, 0.29) is 18.9 Å². The molecule has 0 atom stereocenters. The lowest BCUT2D eigenvalue weighted by atomic mass is 10.2. The molecule has 0 bridgehead atoms. The first-order valence-corrected chi connectivity index (χ1v) is 9.80. The minimum atomic E-state index is -0.461. The van der Waals surface area contributed by atoms with Crippen LogP contribution in [0.15, 0.2) is 28.0 Å². The van der Waals surface area contributed by atoms with E-state index in [0.29, 0.717) is 28.4 Å². The van der Waals surface area contributed by atoms with Gasteiger partial charge in [0.25, 0.3) is 0 Å². The molecular weight excluding hydrogens is 400 g/mol. The quantitative estimate of drug-likeness (QED) is 0.465. The number of nitrogens with one attached hydrogen (secondary N) is 1. The third-order valence-electron chi connectivity index (χ3n) is 4.24. The number of amides is 1. The van der Waals surface area contributed by atoms with E-state index in [1.54, 1.807) is 36.3 Å². The van der Waals surface area contributed by atoms with Crippen molar-refractivity contribution in [2.75, 3.05) is 14.2 Å². The number of carbonyl (C=O) groups excluding carboxylic acids is 2. The van der Waals surface area contributed by atoms with E-state index < -0.39 is 5.97 Å². The van der Waals surface area contributed by atoms with Gasteiger partial charge >= 0.3 is 5.97 Å². The van der Waals surface area contributed by atoms with Crippen LogP contribution >= 0.6 is 23.6 Å². The normalized spacial score (nSPS) is 10.8. The Balaban J connectivity index is 1.64. The van der Waals surface area contributed by atoms with Crippen LogP contribution in [0.4, 0.5) is 0 Å². The molecule has 0 spiro atoms. The van der Waals surface area contributed by atoms with Crippen LogP contribution in [0.25, 0.3) is 10.7 Å². The number of rotatable bonds is 7. The second-order valence-corrected chi connectivity index (χ2v) is 7.49. The average molecular weight is 421 g/mol. The summed E-state index contributed by atoms with van der Waals surface area (Å²) in [6, 6.07) is 5.50. The van der Waals surface area contributed by atoms with Crippen molar-refractivity contribution in [2.45, 2.75) is 26.4 Å². The van der Waals surface area contributed by atoms with Crippen molar-refractivity contribution in [3.63, 3.8) is 0 Å². The highest BCUT2D eigenvalue weighted by atomic mass is 32.1. The Labute approximate surface area is 170 Å². The van der Waals surface area contributed by atoms with E-state index in [0.717, 1.165) is 10.7 Å². The molecule has 3 aromatic heterocycles. The van der Waals surface area contributed by atoms with Crippen LogP contribution in [0.1, 0.15) is 28.3 Å². The van der Waals surface area contributed by atoms with Gasteiger partial charge in [0.2, 0.25) is 5.91 Å². The molecule has 0 radical (unpaired) electrons. The van der Waals surface area contributed by atoms with E-state index in [1.165, 1.54) is 7.11 Å². The number of H-pyrrole nitrogens is 1. The number of hydrogen-bond acceptors (Lipinski definition) is 7. The third-order valence-corrected chi connectivity index (χ3v) is 5.42. The molecule has 1 N–H and O–H groups in total. The van der Waals surface area contributed by atoms with Gasteiger partial charge in [0.05, 0.1) is 18.5 Å². The molecule has 0 aromatic carbocycles. The summed E-state index contributed by atoms with van der Waals surface area (Å²) in [6.45, 7) is 2.35. The number of esters is 1. The molecular formula is C18H20N4O4S2. The largest absolute Gasteiger partial charge is 0.465 e. The Morgan fingerprint density at radius 2 is 2.25 bits per heavy atom. The minimum absolute atomic E-state index is 0.0751. The summed E-state index contributed by atoms with van der Waals surface area (Å²) in [7, 11) is 3.00. The van der Waals surface area contributed by atoms with Crippen LogP contribution in [0, 0.1) is 11.7 Å². The second-order valence-electron chi connectivity index (χ2n) is 6.16. The number of hydrogen-bond donors (Lipinski definition) is 1. The Kier molecular flexibility index (Phi) is 6.10. The highest BCUT2D eigenvalue weighted by Crippen LogP contribution is 2.23. The molecule has 3 aromatic rings. The first kappa shape index (κ1) is 20.0. The van der Waals surface area contributed by atoms with Crippen molar-refractivity contribution < 1.29 is 18.7 Å². The molecule has 10 heteroatoms. The Morgan fingerprint density at radius 3 is 2.93 bits per heavy atom. The molecule has 8 nitrogen and oxygen atoms in total. The van der Waals surface area contributed by atoms with Crippen molar-refractivity contribution in [3.05, 3.63) is 45.4 Å². The zero-order chi connectivity index (χ0) is 20.3. The SMILES string of the molecule is COC(=O)c1cc(CN(C)C(=O)CCn2c(-c3cccs3)n[nH]c2=S)oc1C. The monoisotopic (exact) mass is 420 g/mol. The molecule has 0 saturated carbocycles. The lowest BCUT2D eigenvalue weighted by Gasteiger charge is -2.16. The highest BCUT2D eigenvalue weighted by molar-refractivity contribution is 7.71. The number of ether oxygens (including phenoxy) is 1. The maximum absolute atomic E-state index is 12.6. The lowest BCUT2D eigenvalue weighted by Crippen LogP contribution is -2.27. The smallest absolute Gasteiger partial charge is 0.341 e. The minimum Gasteiger partial charge on any atom is -0.465 e. The number of thiophene rings is 1. The van der Waals surface area contributed by atoms with Crippen molar-refractivity contribution in [3.8, 4) is 10.7 Å². The molecule has 0 saturated heterocycles. The number of carbonyl (C=O) groups is 2. The van der Waals surface area contributed by atoms with Crippen LogP contribution in [0.3, 0.4) is 0 Å². The second kappa shape index (κ2) is 8.53. The molecule has 1 amide bonds. The summed E-state index contributed by atoms with van der Waals surface area (Å²) in [5.41, 5.74) is 0.364. The van der Waals surface area contributed by atoms with Gasteiger partial charge in [-0.2, -0.15) is 5.10 Å². The molecule has 3 heterocycles. The van der Waals surface area contributed by atoms with E-state index in [2.05, 4.69) is 10.2 Å². The Bertz CT molecular complexity index is 1030. The van der Waals surface area contributed by atoms with Crippen LogP contribution in [-0.4, -0.2) is 45.7 Å². The van der Waals surface area contributed by atoms with Crippen molar-refractivity contribution in [2.24, 2.45) is 0 Å². The molecule has 148 valence electrons. The zero-order valence-electron chi connectivity index (χ0n) is 15.7. The van der Waals surface area contributed by atoms with Gasteiger partial charge in [-0.1, -0.05) is 6.07 Å². The molecule has 28 heavy (non-hydrogen) atoms. The van der Waals surface area contributed by atoms with Crippen LogP contribution in [0.2, 0.25) is 0 Å². The fraction of sp³-hybridized carbons (Fsp3) is 0.333. The first-order valence-electron chi connectivity index (χ1n) is 8.51. The maximum Gasteiger partial charge on any atom is 0.341 e.